The lowest BCUT2D eigenvalue weighted by atomic mass is 9.33. The summed E-state index contributed by atoms with van der Waals surface area (Å²) in [5, 5.41) is 14.8. The molecule has 0 atom stereocenters. The summed E-state index contributed by atoms with van der Waals surface area (Å²) in [7, 11) is 0. The minimum Gasteiger partial charge on any atom is -0.456 e. The average molecular weight is 1360 g/mol. The number of para-hydroxylation sites is 5. The second kappa shape index (κ2) is 25.4. The maximum absolute atomic E-state index is 10.2. The number of thiophene rings is 1. The Kier molecular flexibility index (Phi) is 14.8. The minimum atomic E-state index is -0.333. The minimum absolute atomic E-state index is 0.333. The highest BCUT2D eigenvalue weighted by atomic mass is 32.1. The number of hydrogen-bond acceptors (Lipinski definition) is 7. The number of nitrogens with zero attached hydrogens (tertiary/aromatic N) is 5. The second-order valence-corrected chi connectivity index (χ2v) is 28.0. The van der Waals surface area contributed by atoms with Crippen LogP contribution in [0.5, 0.6) is 0 Å². The molecule has 0 fully saturated rings. The van der Waals surface area contributed by atoms with Crippen LogP contribution >= 0.6 is 11.3 Å². The summed E-state index contributed by atoms with van der Waals surface area (Å²) >= 11 is 1.83. The molecule has 20 rings (SSSR count). The van der Waals surface area contributed by atoms with Crippen molar-refractivity contribution in [3.63, 3.8) is 0 Å². The normalized spacial score (nSPS) is 12.1. The molecule has 0 amide bonds. The second-order valence-electron chi connectivity index (χ2n) is 26.9. The fourth-order valence-electron chi connectivity index (χ4n) is 16.4. The Morgan fingerprint density at radius 3 is 1.16 bits per heavy atom. The van der Waals surface area contributed by atoms with Gasteiger partial charge in [-0.15, -0.1) is 11.3 Å². The fraction of sp³-hybridized carbons (Fsp3) is 0. The maximum atomic E-state index is 10.2. The first-order valence-corrected chi connectivity index (χ1v) is 36.4. The van der Waals surface area contributed by atoms with Crippen molar-refractivity contribution in [2.24, 2.45) is 0 Å². The van der Waals surface area contributed by atoms with E-state index in [4.69, 9.17) is 4.42 Å². The summed E-state index contributed by atoms with van der Waals surface area (Å²) in [6, 6.07) is 139. The van der Waals surface area contributed by atoms with E-state index in [-0.39, 0.29) is 6.71 Å². The van der Waals surface area contributed by atoms with Crippen LogP contribution in [-0.2, 0) is 0 Å². The molecule has 6 nitrogen and oxygen atoms in total. The van der Waals surface area contributed by atoms with Gasteiger partial charge in [-0.3, -0.25) is 0 Å². The highest BCUT2D eigenvalue weighted by Crippen LogP contribution is 2.56. The fourth-order valence-corrected chi connectivity index (χ4v) is 17.6. The summed E-state index contributed by atoms with van der Waals surface area (Å²) < 4.78 is 9.42. The van der Waals surface area contributed by atoms with Crippen LogP contribution in [-0.4, -0.2) is 6.71 Å². The van der Waals surface area contributed by atoms with E-state index < -0.39 is 0 Å². The highest BCUT2D eigenvalue weighted by Gasteiger charge is 2.46. The van der Waals surface area contributed by atoms with E-state index in [0.717, 1.165) is 157 Å². The summed E-state index contributed by atoms with van der Waals surface area (Å²) in [5.41, 5.74) is 28.8. The van der Waals surface area contributed by atoms with Gasteiger partial charge in [0, 0.05) is 110 Å². The van der Waals surface area contributed by atoms with E-state index in [9.17, 15) is 5.26 Å². The van der Waals surface area contributed by atoms with Gasteiger partial charge >= 0.3 is 0 Å². The summed E-state index contributed by atoms with van der Waals surface area (Å²) in [5.74, 6) is 0. The van der Waals surface area contributed by atoms with Crippen LogP contribution in [0.15, 0.2) is 381 Å². The molecule has 0 bridgehead atoms. The third-order valence-corrected chi connectivity index (χ3v) is 22.2. The Labute approximate surface area is 613 Å². The van der Waals surface area contributed by atoms with Crippen LogP contribution in [0.3, 0.4) is 0 Å². The number of furan rings is 1. The van der Waals surface area contributed by atoms with Gasteiger partial charge in [0.15, 0.2) is 0 Å². The van der Waals surface area contributed by atoms with E-state index in [1.807, 2.05) is 23.5 Å². The van der Waals surface area contributed by atoms with Crippen molar-refractivity contribution in [3.8, 4) is 61.7 Å². The third-order valence-electron chi connectivity index (χ3n) is 21.0. The van der Waals surface area contributed by atoms with E-state index in [1.165, 1.54) is 25.6 Å². The monoisotopic (exact) mass is 1360 g/mol. The molecular weight excluding hydrogens is 1290 g/mol. The number of hydrogen-bond donors (Lipinski definition) is 0. The Hall–Kier alpha value is -13.7. The van der Waals surface area contributed by atoms with Crippen molar-refractivity contribution in [2.75, 3.05) is 19.6 Å². The zero-order valence-corrected chi connectivity index (χ0v) is 57.7. The zero-order valence-electron chi connectivity index (χ0n) is 56.9. The van der Waals surface area contributed by atoms with Crippen LogP contribution in [0.1, 0.15) is 5.56 Å². The first-order chi connectivity index (χ1) is 52.1. The van der Waals surface area contributed by atoms with Crippen LogP contribution in [0.4, 0.5) is 68.2 Å². The smallest absolute Gasteiger partial charge is 0.252 e. The number of fused-ring (bicyclic) bond motifs is 11. The van der Waals surface area contributed by atoms with Gasteiger partial charge in [-0.2, -0.15) is 5.26 Å². The van der Waals surface area contributed by atoms with Crippen LogP contribution < -0.4 is 36.0 Å². The van der Waals surface area contributed by atoms with Crippen molar-refractivity contribution in [1.29, 1.82) is 5.26 Å². The first kappa shape index (κ1) is 61.2. The van der Waals surface area contributed by atoms with E-state index >= 15 is 0 Å². The molecule has 8 heteroatoms. The maximum Gasteiger partial charge on any atom is 0.252 e. The molecule has 0 aliphatic carbocycles. The van der Waals surface area contributed by atoms with Gasteiger partial charge in [0.05, 0.1) is 23.0 Å². The van der Waals surface area contributed by atoms with E-state index in [1.54, 1.807) is 0 Å². The molecule has 0 N–H and O–H groups in total. The molecule has 490 valence electrons. The van der Waals surface area contributed by atoms with Crippen molar-refractivity contribution < 1.29 is 4.42 Å². The van der Waals surface area contributed by atoms with Crippen LogP contribution in [0.25, 0.3) is 97.7 Å². The molecule has 0 saturated carbocycles. The molecule has 0 spiro atoms. The number of anilines is 12. The summed E-state index contributed by atoms with van der Waals surface area (Å²) in [6.45, 7) is -0.333. The standard InChI is InChI=1S/C97H62BN5OS/c99-63-64-46-49-74(50-47-64)101(73-38-20-7-21-39-73)76-52-54-84-86(62-76)103(97-79(67-30-12-3-13-31-67)43-25-44-80(97)68-32-14-4-15-33-68)88-60-70(69-48-55-89-82(58-69)93-90(104-89)56-57-92-94(93)81-40-22-23-45-91(81)105-92)59-87-95(88)98(84)83-53-51-75(100(71-34-16-5-17-35-71)72-36-18-6-19-37-72)61-85(83)102(87)96-77(65-26-8-1-9-27-65)41-24-42-78(96)66-28-10-2-11-29-66/h1-62H. The largest absolute Gasteiger partial charge is 0.456 e. The Balaban J connectivity index is 0.962. The lowest BCUT2D eigenvalue weighted by Gasteiger charge is -2.46. The molecule has 2 aliphatic heterocycles. The van der Waals surface area contributed by atoms with Gasteiger partial charge in [-0.05, 0) is 177 Å². The van der Waals surface area contributed by atoms with Gasteiger partial charge in [0.25, 0.3) is 6.71 Å². The van der Waals surface area contributed by atoms with Crippen molar-refractivity contribution >= 4 is 145 Å². The van der Waals surface area contributed by atoms with Gasteiger partial charge in [-0.1, -0.05) is 249 Å². The van der Waals surface area contributed by atoms with E-state index in [0.29, 0.717) is 5.56 Å². The van der Waals surface area contributed by atoms with Crippen molar-refractivity contribution in [2.45, 2.75) is 0 Å². The van der Waals surface area contributed by atoms with Crippen molar-refractivity contribution in [3.05, 3.63) is 382 Å². The first-order valence-electron chi connectivity index (χ1n) is 35.6. The Morgan fingerprint density at radius 2 is 0.705 bits per heavy atom. The highest BCUT2D eigenvalue weighted by molar-refractivity contribution is 7.26. The number of benzene rings is 16. The predicted octanol–water partition coefficient (Wildman–Crippen LogP) is 25.2. The lowest BCUT2D eigenvalue weighted by Crippen LogP contribution is -2.61. The number of nitriles is 1. The topological polar surface area (TPSA) is 49.9 Å². The molecule has 0 radical (unpaired) electrons. The molecular formula is C97H62BN5OS. The average Bonchev–Trinajstić information content (AvgIpc) is 1.10. The Morgan fingerprint density at radius 1 is 0.295 bits per heavy atom. The van der Waals surface area contributed by atoms with Crippen LogP contribution in [0.2, 0.25) is 0 Å². The summed E-state index contributed by atoms with van der Waals surface area (Å²) in [6.07, 6.45) is 0. The molecule has 0 saturated heterocycles. The molecule has 18 aromatic rings. The van der Waals surface area contributed by atoms with E-state index in [2.05, 4.69) is 390 Å². The SMILES string of the molecule is N#Cc1ccc(N(c2ccccc2)c2ccc3c(c2)N(c2c(-c4ccccc4)cccc2-c2ccccc2)c2cc(-c4ccc5oc6ccc7sc8ccccc8c7c6c5c4)cc4c2B3c2ccc(N(c3ccccc3)c3ccccc3)cc2N4c2c(-c3ccccc3)cccc2-c2ccccc2)cc1. The Bertz CT molecular complexity index is 6250. The molecule has 105 heavy (non-hydrogen) atoms. The van der Waals surface area contributed by atoms with Crippen LogP contribution in [0, 0.1) is 11.3 Å². The van der Waals surface area contributed by atoms with Gasteiger partial charge < -0.3 is 24.0 Å². The molecule has 2 aromatic heterocycles. The molecule has 4 heterocycles. The molecule has 2 aliphatic rings. The van der Waals surface area contributed by atoms with Gasteiger partial charge in [0.1, 0.15) is 11.2 Å². The molecule has 0 unspecified atom stereocenters. The lowest BCUT2D eigenvalue weighted by molar-refractivity contribution is 0.669. The van der Waals surface area contributed by atoms with Crippen molar-refractivity contribution in [1.82, 2.24) is 0 Å². The van der Waals surface area contributed by atoms with Gasteiger partial charge in [0.2, 0.25) is 0 Å². The number of rotatable bonds is 13. The summed E-state index contributed by atoms with van der Waals surface area (Å²) in [4.78, 5) is 9.99. The van der Waals surface area contributed by atoms with Gasteiger partial charge in [-0.25, -0.2) is 0 Å². The zero-order chi connectivity index (χ0) is 69.5. The molecule has 16 aromatic carbocycles. The predicted molar refractivity (Wildman–Crippen MR) is 442 cm³/mol. The third kappa shape index (κ3) is 10.3. The quantitative estimate of drug-likeness (QED) is 0.107.